The number of nitrogens with zero attached hydrogens (tertiary/aromatic N) is 2. The standard InChI is InChI=1S/C8H17N3O/c1-4-5-7(9)10-6-8(12)11(2)3/h4-6H2,1-3H3,(H2,9,10). The molecule has 12 heavy (non-hydrogen) atoms. The molecule has 4 heteroatoms. The second kappa shape index (κ2) is 5.57. The van der Waals surface area contributed by atoms with Crippen molar-refractivity contribution in [2.75, 3.05) is 20.6 Å². The van der Waals surface area contributed by atoms with Crippen molar-refractivity contribution < 1.29 is 4.79 Å². The number of hydrogen-bond donors (Lipinski definition) is 1. The lowest BCUT2D eigenvalue weighted by molar-refractivity contribution is -0.127. The fourth-order valence-electron chi connectivity index (χ4n) is 0.646. The summed E-state index contributed by atoms with van der Waals surface area (Å²) in [6, 6.07) is 0. The highest BCUT2D eigenvalue weighted by molar-refractivity contribution is 5.84. The Bertz CT molecular complexity index is 175. The van der Waals surface area contributed by atoms with E-state index >= 15 is 0 Å². The summed E-state index contributed by atoms with van der Waals surface area (Å²) in [5.41, 5.74) is 5.51. The van der Waals surface area contributed by atoms with E-state index in [1.807, 2.05) is 6.92 Å². The van der Waals surface area contributed by atoms with Gasteiger partial charge in [0.05, 0.1) is 5.84 Å². The normalized spacial score (nSPS) is 11.4. The van der Waals surface area contributed by atoms with Gasteiger partial charge in [0, 0.05) is 20.5 Å². The molecule has 0 aliphatic heterocycles. The number of likely N-dealkylation sites (N-methyl/N-ethyl adjacent to an activating group) is 1. The van der Waals surface area contributed by atoms with Crippen molar-refractivity contribution >= 4 is 11.7 Å². The molecule has 0 heterocycles. The molecule has 0 bridgehead atoms. The van der Waals surface area contributed by atoms with Crippen molar-refractivity contribution in [1.29, 1.82) is 0 Å². The van der Waals surface area contributed by atoms with Crippen molar-refractivity contribution in [2.45, 2.75) is 19.8 Å². The molecule has 0 radical (unpaired) electrons. The van der Waals surface area contributed by atoms with Crippen LogP contribution in [0.2, 0.25) is 0 Å². The summed E-state index contributed by atoms with van der Waals surface area (Å²) in [6.07, 6.45) is 1.73. The second-order valence-electron chi connectivity index (χ2n) is 2.85. The first kappa shape index (κ1) is 10.9. The van der Waals surface area contributed by atoms with E-state index in [4.69, 9.17) is 5.73 Å². The molecule has 0 unspecified atom stereocenters. The summed E-state index contributed by atoms with van der Waals surface area (Å²) in [7, 11) is 3.40. The van der Waals surface area contributed by atoms with E-state index in [2.05, 4.69) is 4.99 Å². The predicted molar refractivity (Wildman–Crippen MR) is 50.1 cm³/mol. The lowest BCUT2D eigenvalue weighted by atomic mass is 10.3. The fourth-order valence-corrected chi connectivity index (χ4v) is 0.646. The number of nitrogens with two attached hydrogens (primary N) is 1. The minimum atomic E-state index is -0.0194. The molecule has 1 amide bonds. The molecule has 0 saturated carbocycles. The Labute approximate surface area is 73.5 Å². The summed E-state index contributed by atoms with van der Waals surface area (Å²) in [5.74, 6) is 0.543. The van der Waals surface area contributed by atoms with Gasteiger partial charge in [-0.15, -0.1) is 0 Å². The molecule has 70 valence electrons. The molecule has 0 saturated heterocycles. The van der Waals surface area contributed by atoms with Crippen molar-refractivity contribution in [3.63, 3.8) is 0 Å². The predicted octanol–water partition coefficient (Wildman–Crippen LogP) is 0.232. The van der Waals surface area contributed by atoms with Gasteiger partial charge in [-0.25, -0.2) is 0 Å². The van der Waals surface area contributed by atoms with Crippen LogP contribution in [0.4, 0.5) is 0 Å². The van der Waals surface area contributed by atoms with E-state index in [-0.39, 0.29) is 12.5 Å². The van der Waals surface area contributed by atoms with E-state index in [9.17, 15) is 4.79 Å². The van der Waals surface area contributed by atoms with Crippen molar-refractivity contribution in [2.24, 2.45) is 10.7 Å². The molecular weight excluding hydrogens is 154 g/mol. The first-order valence-electron chi connectivity index (χ1n) is 4.06. The zero-order chi connectivity index (χ0) is 9.56. The first-order valence-corrected chi connectivity index (χ1v) is 4.06. The molecule has 0 spiro atoms. The number of hydrogen-bond acceptors (Lipinski definition) is 2. The average molecular weight is 171 g/mol. The number of rotatable bonds is 4. The van der Waals surface area contributed by atoms with Crippen LogP contribution < -0.4 is 5.73 Å². The number of aliphatic imine (C=N–C) groups is 1. The Morgan fingerprint density at radius 1 is 1.50 bits per heavy atom. The molecular formula is C8H17N3O. The van der Waals surface area contributed by atoms with Crippen LogP contribution in [-0.4, -0.2) is 37.3 Å². The van der Waals surface area contributed by atoms with Gasteiger partial charge in [-0.2, -0.15) is 0 Å². The second-order valence-corrected chi connectivity index (χ2v) is 2.85. The highest BCUT2D eigenvalue weighted by Gasteiger charge is 2.01. The third kappa shape index (κ3) is 4.71. The molecule has 2 N–H and O–H groups in total. The molecule has 0 aliphatic rings. The van der Waals surface area contributed by atoms with Gasteiger partial charge in [-0.3, -0.25) is 9.79 Å². The van der Waals surface area contributed by atoms with Gasteiger partial charge in [0.15, 0.2) is 0 Å². The Balaban J connectivity index is 3.79. The van der Waals surface area contributed by atoms with Crippen LogP contribution in [0, 0.1) is 0 Å². The van der Waals surface area contributed by atoms with E-state index in [1.165, 1.54) is 4.90 Å². The maximum Gasteiger partial charge on any atom is 0.243 e. The Hall–Kier alpha value is -1.06. The number of carbonyl (C=O) groups excluding carboxylic acids is 1. The summed E-state index contributed by atoms with van der Waals surface area (Å²) in [5, 5.41) is 0. The summed E-state index contributed by atoms with van der Waals surface area (Å²) in [4.78, 5) is 16.5. The monoisotopic (exact) mass is 171 g/mol. The highest BCUT2D eigenvalue weighted by atomic mass is 16.2. The third-order valence-electron chi connectivity index (χ3n) is 1.42. The quantitative estimate of drug-likeness (QED) is 0.486. The Morgan fingerprint density at radius 3 is 2.50 bits per heavy atom. The topological polar surface area (TPSA) is 58.7 Å². The van der Waals surface area contributed by atoms with Crippen LogP contribution in [0.1, 0.15) is 19.8 Å². The number of amidine groups is 1. The Morgan fingerprint density at radius 2 is 2.08 bits per heavy atom. The lowest BCUT2D eigenvalue weighted by Gasteiger charge is -2.07. The molecule has 0 rings (SSSR count). The summed E-state index contributed by atoms with van der Waals surface area (Å²) >= 11 is 0. The van der Waals surface area contributed by atoms with Gasteiger partial charge in [-0.05, 0) is 6.42 Å². The molecule has 0 aromatic rings. The molecule has 0 atom stereocenters. The van der Waals surface area contributed by atoms with Crippen LogP contribution in [0.5, 0.6) is 0 Å². The SMILES string of the molecule is CCCC(N)=NCC(=O)N(C)C. The fraction of sp³-hybridized carbons (Fsp3) is 0.750. The third-order valence-corrected chi connectivity index (χ3v) is 1.42. The van der Waals surface area contributed by atoms with Gasteiger partial charge in [0.1, 0.15) is 6.54 Å². The van der Waals surface area contributed by atoms with Crippen molar-refractivity contribution in [3.8, 4) is 0 Å². The van der Waals surface area contributed by atoms with Crippen LogP contribution >= 0.6 is 0 Å². The van der Waals surface area contributed by atoms with E-state index < -0.39 is 0 Å². The van der Waals surface area contributed by atoms with Crippen LogP contribution in [-0.2, 0) is 4.79 Å². The van der Waals surface area contributed by atoms with Crippen molar-refractivity contribution in [3.05, 3.63) is 0 Å². The minimum absolute atomic E-state index is 0.0194. The first-order chi connectivity index (χ1) is 5.57. The van der Waals surface area contributed by atoms with Crippen LogP contribution in [0.3, 0.4) is 0 Å². The van der Waals surface area contributed by atoms with Gasteiger partial charge in [-0.1, -0.05) is 6.92 Å². The lowest BCUT2D eigenvalue weighted by Crippen LogP contribution is -2.25. The van der Waals surface area contributed by atoms with Crippen LogP contribution in [0.15, 0.2) is 4.99 Å². The van der Waals surface area contributed by atoms with Gasteiger partial charge < -0.3 is 10.6 Å². The van der Waals surface area contributed by atoms with E-state index in [1.54, 1.807) is 14.1 Å². The van der Waals surface area contributed by atoms with E-state index in [0.717, 1.165) is 12.8 Å². The smallest absolute Gasteiger partial charge is 0.243 e. The zero-order valence-electron chi connectivity index (χ0n) is 8.00. The minimum Gasteiger partial charge on any atom is -0.387 e. The van der Waals surface area contributed by atoms with Gasteiger partial charge >= 0.3 is 0 Å². The number of amides is 1. The Kier molecular flexibility index (Phi) is 5.08. The maximum atomic E-state index is 11.0. The summed E-state index contributed by atoms with van der Waals surface area (Å²) in [6.45, 7) is 2.19. The van der Waals surface area contributed by atoms with Gasteiger partial charge in [0.2, 0.25) is 5.91 Å². The van der Waals surface area contributed by atoms with Crippen molar-refractivity contribution in [1.82, 2.24) is 4.90 Å². The van der Waals surface area contributed by atoms with Gasteiger partial charge in [0.25, 0.3) is 0 Å². The number of carbonyl (C=O) groups is 1. The van der Waals surface area contributed by atoms with E-state index in [0.29, 0.717) is 5.84 Å². The summed E-state index contributed by atoms with van der Waals surface area (Å²) < 4.78 is 0. The highest BCUT2D eigenvalue weighted by Crippen LogP contribution is 1.87. The molecule has 0 aromatic heterocycles. The zero-order valence-corrected chi connectivity index (χ0v) is 8.00. The molecule has 0 fully saturated rings. The molecule has 0 aromatic carbocycles. The molecule has 0 aliphatic carbocycles. The maximum absolute atomic E-state index is 11.0. The largest absolute Gasteiger partial charge is 0.387 e. The molecule has 4 nitrogen and oxygen atoms in total. The van der Waals surface area contributed by atoms with Crippen LogP contribution in [0.25, 0.3) is 0 Å². The average Bonchev–Trinajstić information content (AvgIpc) is 2.00.